The van der Waals surface area contributed by atoms with Gasteiger partial charge in [-0.2, -0.15) is 9.97 Å². The van der Waals surface area contributed by atoms with E-state index in [1.165, 1.54) is 12.8 Å². The third-order valence-corrected chi connectivity index (χ3v) is 3.85. The Kier molecular flexibility index (Phi) is 2.34. The Morgan fingerprint density at radius 3 is 3.05 bits per heavy atom. The van der Waals surface area contributed by atoms with Crippen molar-refractivity contribution in [3.63, 3.8) is 0 Å². The molecule has 0 spiro atoms. The maximum atomic E-state index is 5.82. The van der Waals surface area contributed by atoms with Crippen molar-refractivity contribution in [1.29, 1.82) is 0 Å². The summed E-state index contributed by atoms with van der Waals surface area (Å²) in [6, 6.07) is 0.299. The van der Waals surface area contributed by atoms with Crippen LogP contribution in [0.25, 0.3) is 11.2 Å². The molecule has 2 aromatic heterocycles. The van der Waals surface area contributed by atoms with Crippen LogP contribution in [0.2, 0.25) is 0 Å². The van der Waals surface area contributed by atoms with Gasteiger partial charge in [0.15, 0.2) is 11.5 Å². The number of nitrogens with two attached hydrogens (primary N) is 1. The van der Waals surface area contributed by atoms with Crippen molar-refractivity contribution in [2.24, 2.45) is 5.92 Å². The zero-order chi connectivity index (χ0) is 12.8. The van der Waals surface area contributed by atoms with Crippen molar-refractivity contribution in [3.05, 3.63) is 6.33 Å². The van der Waals surface area contributed by atoms with Gasteiger partial charge in [-0.05, 0) is 25.2 Å². The van der Waals surface area contributed by atoms with Crippen molar-refractivity contribution >= 4 is 22.9 Å². The quantitative estimate of drug-likeness (QED) is 0.758. The van der Waals surface area contributed by atoms with Gasteiger partial charge in [0.1, 0.15) is 5.52 Å². The maximum absolute atomic E-state index is 5.82. The molecule has 1 aliphatic carbocycles. The molecule has 1 saturated carbocycles. The SMILES string of the molecule is Nc1nc(NC2CCOC2C2CC2)c2[nH]cnc2n1. The minimum atomic E-state index is 0.240. The summed E-state index contributed by atoms with van der Waals surface area (Å²) in [6.07, 6.45) is 5.45. The summed E-state index contributed by atoms with van der Waals surface area (Å²) in [5.74, 6) is 1.67. The highest BCUT2D eigenvalue weighted by atomic mass is 16.5. The van der Waals surface area contributed by atoms with Crippen LogP contribution in [0, 0.1) is 5.92 Å². The van der Waals surface area contributed by atoms with Crippen LogP contribution in [0.5, 0.6) is 0 Å². The summed E-state index contributed by atoms with van der Waals surface area (Å²) in [5.41, 5.74) is 7.11. The second-order valence-electron chi connectivity index (χ2n) is 5.24. The first-order valence-electron chi connectivity index (χ1n) is 6.66. The molecule has 2 aromatic rings. The molecule has 0 radical (unpaired) electrons. The Labute approximate surface area is 110 Å². The fourth-order valence-corrected chi connectivity index (χ4v) is 2.79. The first kappa shape index (κ1) is 11.0. The van der Waals surface area contributed by atoms with E-state index in [0.29, 0.717) is 23.7 Å². The number of ether oxygens (including phenoxy) is 1. The van der Waals surface area contributed by atoms with Crippen molar-refractivity contribution in [2.75, 3.05) is 17.7 Å². The van der Waals surface area contributed by atoms with Crippen LogP contribution < -0.4 is 11.1 Å². The summed E-state index contributed by atoms with van der Waals surface area (Å²) in [6.45, 7) is 0.811. The number of nitrogen functional groups attached to an aromatic ring is 1. The van der Waals surface area contributed by atoms with Crippen LogP contribution in [-0.2, 0) is 4.74 Å². The fraction of sp³-hybridized carbons (Fsp3) is 0.583. The number of hydrogen-bond donors (Lipinski definition) is 3. The molecule has 7 nitrogen and oxygen atoms in total. The normalized spacial score (nSPS) is 26.9. The van der Waals surface area contributed by atoms with E-state index >= 15 is 0 Å². The van der Waals surface area contributed by atoms with Gasteiger partial charge in [0.05, 0.1) is 18.5 Å². The maximum Gasteiger partial charge on any atom is 0.224 e. The van der Waals surface area contributed by atoms with E-state index in [9.17, 15) is 0 Å². The van der Waals surface area contributed by atoms with Crippen molar-refractivity contribution in [3.8, 4) is 0 Å². The zero-order valence-corrected chi connectivity index (χ0v) is 10.5. The Morgan fingerprint density at radius 1 is 1.32 bits per heavy atom. The largest absolute Gasteiger partial charge is 0.376 e. The Balaban J connectivity index is 1.65. The van der Waals surface area contributed by atoms with Crippen molar-refractivity contribution in [1.82, 2.24) is 19.9 Å². The molecule has 4 N–H and O–H groups in total. The summed E-state index contributed by atoms with van der Waals surface area (Å²) in [4.78, 5) is 15.5. The third-order valence-electron chi connectivity index (χ3n) is 3.85. The Hall–Kier alpha value is -1.89. The Bertz CT molecular complexity index is 607. The van der Waals surface area contributed by atoms with Crippen LogP contribution in [0.15, 0.2) is 6.33 Å². The molecule has 0 bridgehead atoms. The average Bonchev–Trinajstić information content (AvgIpc) is 2.94. The lowest BCUT2D eigenvalue weighted by Gasteiger charge is -2.20. The lowest BCUT2D eigenvalue weighted by Crippen LogP contribution is -2.31. The molecule has 3 heterocycles. The number of hydrogen-bond acceptors (Lipinski definition) is 6. The molecule has 4 rings (SSSR count). The summed E-state index contributed by atoms with van der Waals surface area (Å²) < 4.78 is 5.82. The van der Waals surface area contributed by atoms with E-state index in [-0.39, 0.29) is 5.95 Å². The minimum absolute atomic E-state index is 0.240. The van der Waals surface area contributed by atoms with Gasteiger partial charge < -0.3 is 20.8 Å². The molecule has 2 fully saturated rings. The average molecular weight is 260 g/mol. The monoisotopic (exact) mass is 260 g/mol. The lowest BCUT2D eigenvalue weighted by atomic mass is 10.1. The number of imidazole rings is 1. The molecule has 7 heteroatoms. The number of aromatic amines is 1. The Morgan fingerprint density at radius 2 is 2.21 bits per heavy atom. The van der Waals surface area contributed by atoms with Gasteiger partial charge in [-0.15, -0.1) is 0 Å². The standard InChI is InChI=1S/C12H16N6O/c13-12-17-10-8(14-5-15-10)11(18-12)16-7-3-4-19-9(7)6-1-2-6/h5-7,9H,1-4H2,(H4,13,14,15,16,17,18). The molecular formula is C12H16N6O. The fourth-order valence-electron chi connectivity index (χ4n) is 2.79. The summed E-state index contributed by atoms with van der Waals surface area (Å²) >= 11 is 0. The second-order valence-corrected chi connectivity index (χ2v) is 5.24. The van der Waals surface area contributed by atoms with E-state index < -0.39 is 0 Å². The molecule has 1 saturated heterocycles. The number of anilines is 2. The van der Waals surface area contributed by atoms with Gasteiger partial charge >= 0.3 is 0 Å². The van der Waals surface area contributed by atoms with Gasteiger partial charge in [0.25, 0.3) is 0 Å². The molecule has 0 aromatic carbocycles. The smallest absolute Gasteiger partial charge is 0.224 e. The number of nitrogens with zero attached hydrogens (tertiary/aromatic N) is 3. The van der Waals surface area contributed by atoms with Crippen molar-refractivity contribution < 1.29 is 4.74 Å². The van der Waals surface area contributed by atoms with E-state index in [1.807, 2.05) is 0 Å². The van der Waals surface area contributed by atoms with E-state index in [0.717, 1.165) is 24.4 Å². The van der Waals surface area contributed by atoms with Crippen LogP contribution >= 0.6 is 0 Å². The molecule has 0 amide bonds. The first-order chi connectivity index (χ1) is 9.31. The predicted molar refractivity (Wildman–Crippen MR) is 70.6 cm³/mol. The molecule has 2 unspecified atom stereocenters. The molecule has 1 aliphatic heterocycles. The van der Waals surface area contributed by atoms with Gasteiger partial charge in [0.2, 0.25) is 5.95 Å². The van der Waals surface area contributed by atoms with Crippen LogP contribution in [0.4, 0.5) is 11.8 Å². The van der Waals surface area contributed by atoms with Crippen LogP contribution in [0.3, 0.4) is 0 Å². The number of rotatable bonds is 3. The second kappa shape index (κ2) is 4.06. The van der Waals surface area contributed by atoms with Gasteiger partial charge in [-0.3, -0.25) is 0 Å². The number of aromatic nitrogens is 4. The van der Waals surface area contributed by atoms with Gasteiger partial charge in [-0.25, -0.2) is 4.98 Å². The highest BCUT2D eigenvalue weighted by molar-refractivity contribution is 5.83. The number of H-pyrrole nitrogens is 1. The minimum Gasteiger partial charge on any atom is -0.376 e. The van der Waals surface area contributed by atoms with Crippen LogP contribution in [0.1, 0.15) is 19.3 Å². The number of fused-ring (bicyclic) bond motifs is 1. The van der Waals surface area contributed by atoms with Crippen molar-refractivity contribution in [2.45, 2.75) is 31.4 Å². The molecule has 19 heavy (non-hydrogen) atoms. The lowest BCUT2D eigenvalue weighted by molar-refractivity contribution is 0.0898. The highest BCUT2D eigenvalue weighted by Crippen LogP contribution is 2.39. The molecule has 2 atom stereocenters. The van der Waals surface area contributed by atoms with E-state index in [4.69, 9.17) is 10.5 Å². The van der Waals surface area contributed by atoms with E-state index in [1.54, 1.807) is 6.33 Å². The topological polar surface area (TPSA) is 102 Å². The zero-order valence-electron chi connectivity index (χ0n) is 10.5. The first-order valence-corrected chi connectivity index (χ1v) is 6.66. The number of nitrogens with one attached hydrogen (secondary N) is 2. The summed E-state index contributed by atoms with van der Waals surface area (Å²) in [7, 11) is 0. The highest BCUT2D eigenvalue weighted by Gasteiger charge is 2.40. The predicted octanol–water partition coefficient (Wildman–Crippen LogP) is 0.914. The molecule has 2 aliphatic rings. The van der Waals surface area contributed by atoms with Gasteiger partial charge in [-0.1, -0.05) is 0 Å². The molecular weight excluding hydrogens is 244 g/mol. The van der Waals surface area contributed by atoms with Gasteiger partial charge in [0, 0.05) is 6.61 Å². The molecule has 100 valence electrons. The van der Waals surface area contributed by atoms with Crippen LogP contribution in [-0.4, -0.2) is 38.7 Å². The summed E-state index contributed by atoms with van der Waals surface area (Å²) in [5, 5.41) is 3.45. The van der Waals surface area contributed by atoms with E-state index in [2.05, 4.69) is 25.3 Å². The third kappa shape index (κ3) is 1.90.